The number of nitrogens with one attached hydrogen (secondary N) is 1. The number of nitrogens with zero attached hydrogens (tertiary/aromatic N) is 1. The molecule has 1 amide bonds. The van der Waals surface area contributed by atoms with Gasteiger partial charge in [0.15, 0.2) is 0 Å². The number of primary amides is 1. The fraction of sp³-hybridized carbons (Fsp3) is 0.267. The number of carbonyl (C=O) groups excluding carboxylic acids is 2. The van der Waals surface area contributed by atoms with Gasteiger partial charge in [-0.2, -0.15) is 0 Å². The third kappa shape index (κ3) is 3.32. The Morgan fingerprint density at radius 2 is 2.05 bits per heavy atom. The zero-order valence-electron chi connectivity index (χ0n) is 12.4. The average Bonchev–Trinajstić information content (AvgIpc) is 2.53. The number of carbonyl (C=O) groups is 2. The van der Waals surface area contributed by atoms with Crippen molar-refractivity contribution in [3.8, 4) is 0 Å². The van der Waals surface area contributed by atoms with E-state index in [1.807, 2.05) is 0 Å². The Balaban J connectivity index is 2.51. The molecule has 0 fully saturated rings. The average molecular weight is 303 g/mol. The minimum atomic E-state index is -0.700. The predicted molar refractivity (Wildman–Crippen MR) is 82.0 cm³/mol. The van der Waals surface area contributed by atoms with E-state index in [0.29, 0.717) is 24.1 Å². The van der Waals surface area contributed by atoms with E-state index in [2.05, 4.69) is 10.3 Å². The summed E-state index contributed by atoms with van der Waals surface area (Å²) < 4.78 is 9.73. The standard InChI is InChI=1S/C15H17N3O4/c1-21-6-5-17-9-3-4-12-10(7-9)11(15(20)22-2)8-13(18-12)14(16)19/h3-4,7-8,17H,5-6H2,1-2H3,(H2,16,19). The van der Waals surface area contributed by atoms with Gasteiger partial charge in [0, 0.05) is 24.7 Å². The zero-order valence-corrected chi connectivity index (χ0v) is 12.4. The molecule has 0 saturated carbocycles. The second kappa shape index (κ2) is 6.86. The number of hydrogen-bond donors (Lipinski definition) is 2. The van der Waals surface area contributed by atoms with E-state index >= 15 is 0 Å². The highest BCUT2D eigenvalue weighted by atomic mass is 16.5. The second-order valence-corrected chi connectivity index (χ2v) is 4.56. The quantitative estimate of drug-likeness (QED) is 0.613. The van der Waals surface area contributed by atoms with Gasteiger partial charge in [-0.05, 0) is 24.3 Å². The van der Waals surface area contributed by atoms with Crippen LogP contribution in [0.5, 0.6) is 0 Å². The monoisotopic (exact) mass is 303 g/mol. The molecule has 22 heavy (non-hydrogen) atoms. The highest BCUT2D eigenvalue weighted by Crippen LogP contribution is 2.23. The third-order valence-electron chi connectivity index (χ3n) is 3.10. The number of amides is 1. The van der Waals surface area contributed by atoms with Crippen LogP contribution in [0.25, 0.3) is 10.9 Å². The maximum Gasteiger partial charge on any atom is 0.338 e. The summed E-state index contributed by atoms with van der Waals surface area (Å²) in [5.74, 6) is -1.25. The Labute approximate surface area is 127 Å². The molecule has 116 valence electrons. The normalized spacial score (nSPS) is 10.5. The van der Waals surface area contributed by atoms with Crippen LogP contribution in [-0.2, 0) is 9.47 Å². The van der Waals surface area contributed by atoms with Crippen molar-refractivity contribution in [2.45, 2.75) is 0 Å². The molecule has 0 unspecified atom stereocenters. The molecule has 1 heterocycles. The van der Waals surface area contributed by atoms with Crippen LogP contribution in [-0.4, -0.2) is 44.2 Å². The van der Waals surface area contributed by atoms with Crippen LogP contribution in [0.2, 0.25) is 0 Å². The highest BCUT2D eigenvalue weighted by Gasteiger charge is 2.16. The van der Waals surface area contributed by atoms with Gasteiger partial charge in [0.1, 0.15) is 5.69 Å². The molecular formula is C15H17N3O4. The Kier molecular flexibility index (Phi) is 4.90. The Morgan fingerprint density at radius 3 is 2.68 bits per heavy atom. The predicted octanol–water partition coefficient (Wildman–Crippen LogP) is 1.18. The van der Waals surface area contributed by atoms with Crippen LogP contribution >= 0.6 is 0 Å². The molecule has 7 nitrogen and oxygen atoms in total. The van der Waals surface area contributed by atoms with E-state index in [1.165, 1.54) is 13.2 Å². The molecule has 2 rings (SSSR count). The van der Waals surface area contributed by atoms with Crippen molar-refractivity contribution in [3.05, 3.63) is 35.5 Å². The van der Waals surface area contributed by atoms with E-state index in [-0.39, 0.29) is 11.3 Å². The van der Waals surface area contributed by atoms with Gasteiger partial charge in [-0.3, -0.25) is 4.79 Å². The van der Waals surface area contributed by atoms with E-state index in [1.54, 1.807) is 25.3 Å². The summed E-state index contributed by atoms with van der Waals surface area (Å²) in [5, 5.41) is 3.75. The van der Waals surface area contributed by atoms with Crippen molar-refractivity contribution in [2.24, 2.45) is 5.73 Å². The number of nitrogens with two attached hydrogens (primary N) is 1. The van der Waals surface area contributed by atoms with Crippen LogP contribution in [0.1, 0.15) is 20.8 Å². The molecule has 1 aromatic heterocycles. The summed E-state index contributed by atoms with van der Waals surface area (Å²) in [7, 11) is 2.89. The molecule has 0 aliphatic rings. The third-order valence-corrected chi connectivity index (χ3v) is 3.10. The lowest BCUT2D eigenvalue weighted by molar-refractivity contribution is 0.0603. The number of fused-ring (bicyclic) bond motifs is 1. The SMILES string of the molecule is COCCNc1ccc2nc(C(N)=O)cc(C(=O)OC)c2c1. The van der Waals surface area contributed by atoms with Crippen LogP contribution in [0, 0.1) is 0 Å². The smallest absolute Gasteiger partial charge is 0.338 e. The molecule has 0 aliphatic carbocycles. The number of rotatable bonds is 6. The first-order valence-electron chi connectivity index (χ1n) is 6.62. The number of esters is 1. The molecule has 1 aromatic carbocycles. The molecule has 3 N–H and O–H groups in total. The number of aromatic nitrogens is 1. The molecule has 0 aliphatic heterocycles. The van der Waals surface area contributed by atoms with Gasteiger partial charge >= 0.3 is 5.97 Å². The Bertz CT molecular complexity index is 715. The van der Waals surface area contributed by atoms with Crippen molar-refractivity contribution >= 4 is 28.5 Å². The minimum Gasteiger partial charge on any atom is -0.465 e. The van der Waals surface area contributed by atoms with Gasteiger partial charge in [0.05, 0.1) is 24.8 Å². The Hall–Kier alpha value is -2.67. The summed E-state index contributed by atoms with van der Waals surface area (Å²) in [6.45, 7) is 1.18. The molecule has 0 bridgehead atoms. The lowest BCUT2D eigenvalue weighted by Gasteiger charge is -2.10. The van der Waals surface area contributed by atoms with E-state index in [9.17, 15) is 9.59 Å². The number of methoxy groups -OCH3 is 2. The minimum absolute atomic E-state index is 0.0213. The topological polar surface area (TPSA) is 104 Å². The summed E-state index contributed by atoms with van der Waals surface area (Å²) in [4.78, 5) is 27.4. The van der Waals surface area contributed by atoms with Crippen molar-refractivity contribution in [2.75, 3.05) is 32.7 Å². The van der Waals surface area contributed by atoms with Crippen LogP contribution in [0.15, 0.2) is 24.3 Å². The van der Waals surface area contributed by atoms with Crippen LogP contribution in [0.3, 0.4) is 0 Å². The number of benzene rings is 1. The molecule has 0 atom stereocenters. The molecule has 7 heteroatoms. The molecule has 2 aromatic rings. The van der Waals surface area contributed by atoms with Crippen LogP contribution in [0.4, 0.5) is 5.69 Å². The van der Waals surface area contributed by atoms with Crippen LogP contribution < -0.4 is 11.1 Å². The van der Waals surface area contributed by atoms with Crippen molar-refractivity contribution < 1.29 is 19.1 Å². The Morgan fingerprint density at radius 1 is 1.27 bits per heavy atom. The van der Waals surface area contributed by atoms with E-state index in [4.69, 9.17) is 15.2 Å². The van der Waals surface area contributed by atoms with Crippen molar-refractivity contribution in [1.29, 1.82) is 0 Å². The zero-order chi connectivity index (χ0) is 16.1. The summed E-state index contributed by atoms with van der Waals surface area (Å²) >= 11 is 0. The van der Waals surface area contributed by atoms with Crippen molar-refractivity contribution in [1.82, 2.24) is 4.98 Å². The lowest BCUT2D eigenvalue weighted by atomic mass is 10.1. The number of hydrogen-bond acceptors (Lipinski definition) is 6. The van der Waals surface area contributed by atoms with Crippen molar-refractivity contribution in [3.63, 3.8) is 0 Å². The van der Waals surface area contributed by atoms with E-state index < -0.39 is 11.9 Å². The van der Waals surface area contributed by atoms with Gasteiger partial charge in [0.2, 0.25) is 0 Å². The maximum atomic E-state index is 11.9. The highest BCUT2D eigenvalue weighted by molar-refractivity contribution is 6.07. The van der Waals surface area contributed by atoms with Gasteiger partial charge < -0.3 is 20.5 Å². The molecular weight excluding hydrogens is 286 g/mol. The summed E-state index contributed by atoms with van der Waals surface area (Å²) in [6, 6.07) is 6.63. The first-order valence-corrected chi connectivity index (χ1v) is 6.62. The first kappa shape index (κ1) is 15.7. The van der Waals surface area contributed by atoms with E-state index in [0.717, 1.165) is 5.69 Å². The second-order valence-electron chi connectivity index (χ2n) is 4.56. The molecule has 0 saturated heterocycles. The fourth-order valence-corrected chi connectivity index (χ4v) is 2.04. The number of anilines is 1. The van der Waals surface area contributed by atoms with Gasteiger partial charge in [-0.1, -0.05) is 0 Å². The first-order chi connectivity index (χ1) is 10.6. The van der Waals surface area contributed by atoms with Gasteiger partial charge in [0.25, 0.3) is 5.91 Å². The summed E-state index contributed by atoms with van der Waals surface area (Å²) in [5.41, 5.74) is 6.82. The maximum absolute atomic E-state index is 11.9. The lowest BCUT2D eigenvalue weighted by Crippen LogP contribution is -2.15. The van der Waals surface area contributed by atoms with Gasteiger partial charge in [-0.25, -0.2) is 9.78 Å². The summed E-state index contributed by atoms with van der Waals surface area (Å²) in [6.07, 6.45) is 0. The molecule has 0 radical (unpaired) electrons. The van der Waals surface area contributed by atoms with Gasteiger partial charge in [-0.15, -0.1) is 0 Å². The fourth-order valence-electron chi connectivity index (χ4n) is 2.04. The number of ether oxygens (including phenoxy) is 2. The molecule has 0 spiro atoms. The largest absolute Gasteiger partial charge is 0.465 e. The number of pyridine rings is 1.